The molecule has 1 aliphatic rings. The number of benzene rings is 1. The number of aliphatic hydroxyl groups excluding tert-OH is 1. The molecule has 3 atom stereocenters. The zero-order chi connectivity index (χ0) is 14.0. The lowest BCUT2D eigenvalue weighted by Gasteiger charge is -2.31. The molecule has 0 amide bonds. The molecule has 1 fully saturated rings. The third-order valence-electron chi connectivity index (χ3n) is 3.93. The molecule has 0 saturated heterocycles. The average molecular weight is 303 g/mol. The normalized spacial score (nSPS) is 26.1. The molecule has 5 heteroatoms. The van der Waals surface area contributed by atoms with E-state index in [1.165, 1.54) is 6.26 Å². The molecule has 3 unspecified atom stereocenters. The van der Waals surface area contributed by atoms with Gasteiger partial charge < -0.3 is 5.11 Å². The summed E-state index contributed by atoms with van der Waals surface area (Å²) in [7, 11) is -3.01. The molecule has 1 saturated carbocycles. The topological polar surface area (TPSA) is 54.4 Å². The summed E-state index contributed by atoms with van der Waals surface area (Å²) in [6.45, 7) is 0. The maximum absolute atomic E-state index is 11.6. The minimum atomic E-state index is -3.01. The van der Waals surface area contributed by atoms with Gasteiger partial charge in [0.15, 0.2) is 0 Å². The van der Waals surface area contributed by atoms with Crippen molar-refractivity contribution in [1.29, 1.82) is 0 Å². The Morgan fingerprint density at radius 2 is 1.89 bits per heavy atom. The molecule has 2 rings (SSSR count). The molecule has 1 N–H and O–H groups in total. The highest BCUT2D eigenvalue weighted by Crippen LogP contribution is 2.36. The maximum Gasteiger partial charge on any atom is 0.150 e. The molecule has 0 heterocycles. The Hall–Kier alpha value is -0.580. The number of sulfone groups is 1. The van der Waals surface area contributed by atoms with Crippen LogP contribution in [0, 0.1) is 5.92 Å². The SMILES string of the molecule is CS(=O)(=O)C1CCCC(C(O)c2ccc(Cl)cc2)C1. The fourth-order valence-corrected chi connectivity index (χ4v) is 4.11. The van der Waals surface area contributed by atoms with Crippen LogP contribution in [0.5, 0.6) is 0 Å². The van der Waals surface area contributed by atoms with Crippen molar-refractivity contribution in [1.82, 2.24) is 0 Å². The Balaban J connectivity index is 2.11. The Kier molecular flexibility index (Phi) is 4.54. The lowest BCUT2D eigenvalue weighted by atomic mass is 9.82. The fourth-order valence-electron chi connectivity index (χ4n) is 2.79. The maximum atomic E-state index is 11.6. The first-order valence-corrected chi connectivity index (χ1v) is 8.83. The van der Waals surface area contributed by atoms with Crippen LogP contribution in [0.1, 0.15) is 37.4 Å². The van der Waals surface area contributed by atoms with E-state index in [2.05, 4.69) is 0 Å². The fraction of sp³-hybridized carbons (Fsp3) is 0.571. The van der Waals surface area contributed by atoms with Gasteiger partial charge in [0, 0.05) is 11.3 Å². The third kappa shape index (κ3) is 3.71. The predicted molar refractivity (Wildman–Crippen MR) is 77.0 cm³/mol. The van der Waals surface area contributed by atoms with Gasteiger partial charge in [-0.05, 0) is 42.9 Å². The molecule has 3 nitrogen and oxygen atoms in total. The largest absolute Gasteiger partial charge is 0.388 e. The van der Waals surface area contributed by atoms with Crippen LogP contribution in [0.4, 0.5) is 0 Å². The van der Waals surface area contributed by atoms with Gasteiger partial charge in [0.25, 0.3) is 0 Å². The van der Waals surface area contributed by atoms with Crippen molar-refractivity contribution in [2.45, 2.75) is 37.0 Å². The first-order valence-electron chi connectivity index (χ1n) is 6.50. The monoisotopic (exact) mass is 302 g/mol. The van der Waals surface area contributed by atoms with E-state index in [1.54, 1.807) is 24.3 Å². The summed E-state index contributed by atoms with van der Waals surface area (Å²) in [5, 5.41) is 10.7. The van der Waals surface area contributed by atoms with Crippen molar-refractivity contribution in [3.05, 3.63) is 34.9 Å². The van der Waals surface area contributed by atoms with Gasteiger partial charge in [0.05, 0.1) is 11.4 Å². The van der Waals surface area contributed by atoms with Gasteiger partial charge in [0.1, 0.15) is 9.84 Å². The summed E-state index contributed by atoms with van der Waals surface area (Å²) in [6.07, 6.45) is 3.66. The van der Waals surface area contributed by atoms with Gasteiger partial charge in [-0.3, -0.25) is 0 Å². The van der Waals surface area contributed by atoms with Crippen LogP contribution in [0.2, 0.25) is 5.02 Å². The summed E-state index contributed by atoms with van der Waals surface area (Å²) in [5.74, 6) is 0.00894. The summed E-state index contributed by atoms with van der Waals surface area (Å²) >= 11 is 5.82. The van der Waals surface area contributed by atoms with Crippen molar-refractivity contribution in [3.63, 3.8) is 0 Å². The molecule has 0 bridgehead atoms. The van der Waals surface area contributed by atoms with Crippen LogP contribution in [-0.2, 0) is 9.84 Å². The molecule has 0 spiro atoms. The molecular weight excluding hydrogens is 284 g/mol. The van der Waals surface area contributed by atoms with Crippen LogP contribution < -0.4 is 0 Å². The molecule has 0 aliphatic heterocycles. The molecule has 1 aromatic carbocycles. The summed E-state index contributed by atoms with van der Waals surface area (Å²) in [6, 6.07) is 7.10. The van der Waals surface area contributed by atoms with E-state index >= 15 is 0 Å². The average Bonchev–Trinajstić information content (AvgIpc) is 2.38. The summed E-state index contributed by atoms with van der Waals surface area (Å²) < 4.78 is 23.3. The second-order valence-corrected chi connectivity index (χ2v) is 8.14. The minimum Gasteiger partial charge on any atom is -0.388 e. The van der Waals surface area contributed by atoms with E-state index in [0.29, 0.717) is 17.9 Å². The van der Waals surface area contributed by atoms with Crippen molar-refractivity contribution in [3.8, 4) is 0 Å². The number of halogens is 1. The molecule has 106 valence electrons. The van der Waals surface area contributed by atoms with Crippen LogP contribution in [0.25, 0.3) is 0 Å². The zero-order valence-electron chi connectivity index (χ0n) is 10.9. The van der Waals surface area contributed by atoms with E-state index in [0.717, 1.165) is 18.4 Å². The number of aliphatic hydroxyl groups is 1. The quantitative estimate of drug-likeness (QED) is 0.934. The van der Waals surface area contributed by atoms with Crippen LogP contribution >= 0.6 is 11.6 Å². The Bertz CT molecular complexity index is 524. The van der Waals surface area contributed by atoms with Crippen molar-refractivity contribution >= 4 is 21.4 Å². The Morgan fingerprint density at radius 1 is 1.26 bits per heavy atom. The summed E-state index contributed by atoms with van der Waals surface area (Å²) in [5.41, 5.74) is 0.809. The van der Waals surface area contributed by atoms with E-state index in [9.17, 15) is 13.5 Å². The molecular formula is C14H19ClO3S. The van der Waals surface area contributed by atoms with Crippen molar-refractivity contribution in [2.75, 3.05) is 6.26 Å². The molecule has 1 aliphatic carbocycles. The van der Waals surface area contributed by atoms with Crippen LogP contribution in [0.3, 0.4) is 0 Å². The van der Waals surface area contributed by atoms with Crippen LogP contribution in [-0.4, -0.2) is 25.0 Å². The highest BCUT2D eigenvalue weighted by molar-refractivity contribution is 7.91. The summed E-state index contributed by atoms with van der Waals surface area (Å²) in [4.78, 5) is 0. The van der Waals surface area contributed by atoms with Crippen molar-refractivity contribution < 1.29 is 13.5 Å². The van der Waals surface area contributed by atoms with E-state index in [4.69, 9.17) is 11.6 Å². The first kappa shape index (κ1) is 14.8. The second-order valence-electron chi connectivity index (χ2n) is 5.37. The number of rotatable bonds is 3. The minimum absolute atomic E-state index is 0.00894. The van der Waals surface area contributed by atoms with Gasteiger partial charge in [0.2, 0.25) is 0 Å². The van der Waals surface area contributed by atoms with Crippen molar-refractivity contribution in [2.24, 2.45) is 5.92 Å². The molecule has 0 radical (unpaired) electrons. The van der Waals surface area contributed by atoms with Gasteiger partial charge >= 0.3 is 0 Å². The smallest absolute Gasteiger partial charge is 0.150 e. The third-order valence-corrected chi connectivity index (χ3v) is 5.82. The highest BCUT2D eigenvalue weighted by atomic mass is 35.5. The predicted octanol–water partition coefficient (Wildman–Crippen LogP) is 2.98. The zero-order valence-corrected chi connectivity index (χ0v) is 12.5. The van der Waals surface area contributed by atoms with Gasteiger partial charge in [-0.15, -0.1) is 0 Å². The number of hydrogen-bond donors (Lipinski definition) is 1. The molecule has 19 heavy (non-hydrogen) atoms. The first-order chi connectivity index (χ1) is 8.88. The van der Waals surface area contributed by atoms with Crippen LogP contribution in [0.15, 0.2) is 24.3 Å². The highest BCUT2D eigenvalue weighted by Gasteiger charge is 2.32. The van der Waals surface area contributed by atoms with Gasteiger partial charge in [-0.25, -0.2) is 8.42 Å². The second kappa shape index (κ2) is 5.81. The standard InChI is InChI=1S/C14H19ClO3S/c1-19(17,18)13-4-2-3-11(9-13)14(16)10-5-7-12(15)8-6-10/h5-8,11,13-14,16H,2-4,9H2,1H3. The Labute approximate surface area is 119 Å². The van der Waals surface area contributed by atoms with Gasteiger partial charge in [-0.2, -0.15) is 0 Å². The number of hydrogen-bond acceptors (Lipinski definition) is 3. The molecule has 1 aromatic rings. The van der Waals surface area contributed by atoms with E-state index in [-0.39, 0.29) is 11.2 Å². The Morgan fingerprint density at radius 3 is 2.47 bits per heavy atom. The van der Waals surface area contributed by atoms with E-state index < -0.39 is 15.9 Å². The lowest BCUT2D eigenvalue weighted by Crippen LogP contribution is -2.30. The van der Waals surface area contributed by atoms with E-state index in [1.807, 2.05) is 0 Å². The molecule has 0 aromatic heterocycles. The van der Waals surface area contributed by atoms with Gasteiger partial charge in [-0.1, -0.05) is 30.2 Å². The lowest BCUT2D eigenvalue weighted by molar-refractivity contribution is 0.0857.